The number of aliphatic hydroxyl groups is 2. The Kier molecular flexibility index (Phi) is 3.43. The highest BCUT2D eigenvalue weighted by Crippen LogP contribution is 2.27. The molecule has 3 aliphatic rings. The number of carbonyl (C=O) groups excluding carboxylic acids is 1. The standard InChI is InChI=1S/C10H19N5O4/c11-10-13-8-7(9(18)14-10)12-3-15(8)6-1-4(17)5(2-16)19-6/h4-8,10,12-13,16-17H,1-3,11H2,(H,14,18)/t4-,5+,6+,7?,8?,10?/m0/s1. The minimum absolute atomic E-state index is 0.156. The summed E-state index contributed by atoms with van der Waals surface area (Å²) in [5, 5.41) is 27.6. The van der Waals surface area contributed by atoms with Gasteiger partial charge in [0, 0.05) is 6.42 Å². The SMILES string of the molecule is NC1NC(=O)C2NCN([C@H]3C[C@H](O)[C@@H](CO)O3)C2N1. The van der Waals surface area contributed by atoms with Gasteiger partial charge >= 0.3 is 0 Å². The van der Waals surface area contributed by atoms with Gasteiger partial charge in [0.05, 0.1) is 25.5 Å². The molecule has 9 heteroatoms. The van der Waals surface area contributed by atoms with Crippen molar-refractivity contribution < 1.29 is 19.7 Å². The number of nitrogens with two attached hydrogens (primary N) is 1. The number of nitrogens with one attached hydrogen (secondary N) is 3. The first kappa shape index (κ1) is 13.2. The van der Waals surface area contributed by atoms with Gasteiger partial charge in [0.2, 0.25) is 5.91 Å². The highest BCUT2D eigenvalue weighted by atomic mass is 16.5. The molecule has 7 N–H and O–H groups in total. The smallest absolute Gasteiger partial charge is 0.242 e. The molecule has 0 bridgehead atoms. The zero-order valence-corrected chi connectivity index (χ0v) is 10.3. The summed E-state index contributed by atoms with van der Waals surface area (Å²) < 4.78 is 5.60. The number of nitrogens with zero attached hydrogens (tertiary/aromatic N) is 1. The lowest BCUT2D eigenvalue weighted by Gasteiger charge is -2.37. The lowest BCUT2D eigenvalue weighted by Crippen LogP contribution is -2.70. The molecule has 0 radical (unpaired) electrons. The Morgan fingerprint density at radius 3 is 3.00 bits per heavy atom. The van der Waals surface area contributed by atoms with Crippen LogP contribution in [-0.4, -0.2) is 71.2 Å². The van der Waals surface area contributed by atoms with Crippen molar-refractivity contribution in [3.63, 3.8) is 0 Å². The quantitative estimate of drug-likeness (QED) is 0.300. The van der Waals surface area contributed by atoms with E-state index in [0.29, 0.717) is 13.1 Å². The largest absolute Gasteiger partial charge is 0.394 e. The van der Waals surface area contributed by atoms with Crippen molar-refractivity contribution in [2.45, 2.75) is 43.4 Å². The van der Waals surface area contributed by atoms with Crippen LogP contribution in [0.4, 0.5) is 0 Å². The molecule has 3 rings (SSSR count). The summed E-state index contributed by atoms with van der Waals surface area (Å²) in [5.41, 5.74) is 5.70. The molecule has 0 aromatic heterocycles. The summed E-state index contributed by atoms with van der Waals surface area (Å²) in [6.07, 6.45) is -2.10. The van der Waals surface area contributed by atoms with E-state index in [2.05, 4.69) is 16.0 Å². The van der Waals surface area contributed by atoms with E-state index < -0.39 is 24.5 Å². The molecule has 0 aliphatic carbocycles. The minimum atomic E-state index is -0.694. The van der Waals surface area contributed by atoms with Gasteiger partial charge in [-0.3, -0.25) is 21.2 Å². The lowest BCUT2D eigenvalue weighted by molar-refractivity contribution is -0.130. The molecule has 3 aliphatic heterocycles. The molecule has 3 saturated heterocycles. The molecule has 3 heterocycles. The van der Waals surface area contributed by atoms with Gasteiger partial charge in [-0.05, 0) is 0 Å². The fourth-order valence-electron chi connectivity index (χ4n) is 2.87. The first-order valence-electron chi connectivity index (χ1n) is 6.35. The number of aliphatic hydroxyl groups excluding tert-OH is 2. The maximum absolute atomic E-state index is 11.8. The molecular formula is C10H19N5O4. The first-order chi connectivity index (χ1) is 9.10. The number of amides is 1. The second-order valence-electron chi connectivity index (χ2n) is 5.07. The molecule has 19 heavy (non-hydrogen) atoms. The monoisotopic (exact) mass is 273 g/mol. The number of hydrogen-bond donors (Lipinski definition) is 6. The topological polar surface area (TPSA) is 132 Å². The molecule has 3 fully saturated rings. The Labute approximate surface area is 110 Å². The van der Waals surface area contributed by atoms with E-state index in [-0.39, 0.29) is 24.9 Å². The number of fused-ring (bicyclic) bond motifs is 1. The van der Waals surface area contributed by atoms with Gasteiger partial charge in [0.1, 0.15) is 24.7 Å². The van der Waals surface area contributed by atoms with E-state index in [1.54, 1.807) is 0 Å². The molecule has 0 aromatic rings. The van der Waals surface area contributed by atoms with Crippen LogP contribution >= 0.6 is 0 Å². The van der Waals surface area contributed by atoms with Crippen molar-refractivity contribution in [1.82, 2.24) is 20.9 Å². The molecule has 6 atom stereocenters. The van der Waals surface area contributed by atoms with Crippen molar-refractivity contribution in [3.05, 3.63) is 0 Å². The van der Waals surface area contributed by atoms with Gasteiger partial charge in [0.15, 0.2) is 0 Å². The number of rotatable bonds is 2. The Bertz CT molecular complexity index is 370. The van der Waals surface area contributed by atoms with E-state index in [4.69, 9.17) is 15.6 Å². The Balaban J connectivity index is 1.71. The Hall–Kier alpha value is -0.810. The van der Waals surface area contributed by atoms with E-state index in [1.165, 1.54) is 0 Å². The van der Waals surface area contributed by atoms with Crippen LogP contribution < -0.4 is 21.7 Å². The maximum Gasteiger partial charge on any atom is 0.242 e. The fraction of sp³-hybridized carbons (Fsp3) is 0.900. The normalized spacial score (nSPS) is 47.2. The molecule has 0 spiro atoms. The highest BCUT2D eigenvalue weighted by Gasteiger charge is 2.48. The van der Waals surface area contributed by atoms with E-state index >= 15 is 0 Å². The molecule has 1 amide bonds. The van der Waals surface area contributed by atoms with Crippen LogP contribution in [0, 0.1) is 0 Å². The molecule has 108 valence electrons. The van der Waals surface area contributed by atoms with Crippen LogP contribution in [0.15, 0.2) is 0 Å². The third kappa shape index (κ3) is 2.23. The number of ether oxygens (including phenoxy) is 1. The minimum Gasteiger partial charge on any atom is -0.394 e. The van der Waals surface area contributed by atoms with Crippen molar-refractivity contribution >= 4 is 5.91 Å². The maximum atomic E-state index is 11.8. The third-order valence-electron chi connectivity index (χ3n) is 3.85. The predicted octanol–water partition coefficient (Wildman–Crippen LogP) is -4.03. The summed E-state index contributed by atoms with van der Waals surface area (Å²) in [4.78, 5) is 13.7. The van der Waals surface area contributed by atoms with E-state index in [9.17, 15) is 9.90 Å². The highest BCUT2D eigenvalue weighted by molar-refractivity contribution is 5.83. The van der Waals surface area contributed by atoms with Crippen LogP contribution in [-0.2, 0) is 9.53 Å². The van der Waals surface area contributed by atoms with Gasteiger partial charge in [-0.15, -0.1) is 0 Å². The summed E-state index contributed by atoms with van der Waals surface area (Å²) in [6, 6.07) is -0.395. The summed E-state index contributed by atoms with van der Waals surface area (Å²) in [6.45, 7) is 0.235. The van der Waals surface area contributed by atoms with Crippen molar-refractivity contribution in [2.75, 3.05) is 13.3 Å². The number of hydrogen-bond acceptors (Lipinski definition) is 8. The average Bonchev–Trinajstić information content (AvgIpc) is 2.92. The molecule has 9 nitrogen and oxygen atoms in total. The van der Waals surface area contributed by atoms with Crippen LogP contribution in [0.1, 0.15) is 6.42 Å². The van der Waals surface area contributed by atoms with Crippen molar-refractivity contribution in [3.8, 4) is 0 Å². The first-order valence-corrected chi connectivity index (χ1v) is 6.35. The molecule has 0 aromatic carbocycles. The predicted molar refractivity (Wildman–Crippen MR) is 63.0 cm³/mol. The lowest BCUT2D eigenvalue weighted by atomic mass is 10.1. The number of carbonyl (C=O) groups is 1. The van der Waals surface area contributed by atoms with Gasteiger partial charge < -0.3 is 20.3 Å². The third-order valence-corrected chi connectivity index (χ3v) is 3.85. The Morgan fingerprint density at radius 1 is 1.53 bits per heavy atom. The second kappa shape index (κ2) is 4.94. The van der Waals surface area contributed by atoms with E-state index in [0.717, 1.165) is 0 Å². The average molecular weight is 273 g/mol. The molecular weight excluding hydrogens is 254 g/mol. The zero-order valence-electron chi connectivity index (χ0n) is 10.3. The summed E-state index contributed by atoms with van der Waals surface area (Å²) in [7, 11) is 0. The fourth-order valence-corrected chi connectivity index (χ4v) is 2.87. The summed E-state index contributed by atoms with van der Waals surface area (Å²) >= 11 is 0. The van der Waals surface area contributed by atoms with Crippen LogP contribution in [0.3, 0.4) is 0 Å². The molecule has 3 unspecified atom stereocenters. The summed E-state index contributed by atoms with van der Waals surface area (Å²) in [5.74, 6) is -0.156. The second-order valence-corrected chi connectivity index (χ2v) is 5.07. The zero-order chi connectivity index (χ0) is 13.6. The van der Waals surface area contributed by atoms with Gasteiger partial charge in [-0.2, -0.15) is 0 Å². The van der Waals surface area contributed by atoms with Crippen LogP contribution in [0.5, 0.6) is 0 Å². The Morgan fingerprint density at radius 2 is 2.32 bits per heavy atom. The van der Waals surface area contributed by atoms with Gasteiger partial charge in [-0.1, -0.05) is 0 Å². The van der Waals surface area contributed by atoms with Crippen LogP contribution in [0.25, 0.3) is 0 Å². The molecule has 0 saturated carbocycles. The van der Waals surface area contributed by atoms with Crippen LogP contribution in [0.2, 0.25) is 0 Å². The van der Waals surface area contributed by atoms with Gasteiger partial charge in [0.25, 0.3) is 0 Å². The van der Waals surface area contributed by atoms with Crippen molar-refractivity contribution in [1.29, 1.82) is 0 Å². The van der Waals surface area contributed by atoms with E-state index in [1.807, 2.05) is 4.90 Å². The van der Waals surface area contributed by atoms with Gasteiger partial charge in [-0.25, -0.2) is 4.90 Å². The van der Waals surface area contributed by atoms with Crippen molar-refractivity contribution in [2.24, 2.45) is 5.73 Å².